The number of nitrogens with zero attached hydrogens (tertiary/aromatic N) is 2. The van der Waals surface area contributed by atoms with E-state index in [0.29, 0.717) is 6.04 Å². The SMILES string of the molecule is Cc1ccc(N(C2CC2)C(C)C(=O)O)nc1. The highest BCUT2D eigenvalue weighted by Gasteiger charge is 2.35. The zero-order valence-electron chi connectivity index (χ0n) is 9.55. The first kappa shape index (κ1) is 10.9. The van der Waals surface area contributed by atoms with Crippen LogP contribution in [0.15, 0.2) is 18.3 Å². The van der Waals surface area contributed by atoms with Gasteiger partial charge in [0.2, 0.25) is 0 Å². The fourth-order valence-corrected chi connectivity index (χ4v) is 1.79. The van der Waals surface area contributed by atoms with E-state index in [-0.39, 0.29) is 0 Å². The molecule has 0 radical (unpaired) electrons. The van der Waals surface area contributed by atoms with Crippen molar-refractivity contribution >= 4 is 11.8 Å². The molecule has 1 aromatic heterocycles. The molecule has 16 heavy (non-hydrogen) atoms. The van der Waals surface area contributed by atoms with E-state index >= 15 is 0 Å². The number of carboxylic acids is 1. The van der Waals surface area contributed by atoms with Crippen LogP contribution in [0.3, 0.4) is 0 Å². The molecule has 86 valence electrons. The molecule has 0 amide bonds. The van der Waals surface area contributed by atoms with E-state index in [0.717, 1.165) is 24.2 Å². The van der Waals surface area contributed by atoms with Crippen molar-refractivity contribution in [2.45, 2.75) is 38.8 Å². The number of aryl methyl sites for hydroxylation is 1. The molecule has 1 atom stereocenters. The average molecular weight is 220 g/mol. The molecule has 0 aromatic carbocycles. The Balaban J connectivity index is 2.25. The standard InChI is InChI=1S/C12H16N2O2/c1-8-3-6-11(13-7-8)14(10-4-5-10)9(2)12(15)16/h3,6-7,9-10H,4-5H2,1-2H3,(H,15,16). The number of rotatable bonds is 4. The normalized spacial score (nSPS) is 16.9. The number of anilines is 1. The summed E-state index contributed by atoms with van der Waals surface area (Å²) in [4.78, 5) is 17.3. The number of carbonyl (C=O) groups is 1. The van der Waals surface area contributed by atoms with Crippen molar-refractivity contribution < 1.29 is 9.90 Å². The predicted octanol–water partition coefficient (Wildman–Crippen LogP) is 1.83. The zero-order chi connectivity index (χ0) is 11.7. The number of pyridine rings is 1. The van der Waals surface area contributed by atoms with Crippen molar-refractivity contribution in [3.63, 3.8) is 0 Å². The molecule has 0 saturated heterocycles. The van der Waals surface area contributed by atoms with Crippen molar-refractivity contribution in [1.82, 2.24) is 4.98 Å². The number of aliphatic carboxylic acids is 1. The van der Waals surface area contributed by atoms with E-state index in [1.807, 2.05) is 24.0 Å². The topological polar surface area (TPSA) is 53.4 Å². The van der Waals surface area contributed by atoms with E-state index < -0.39 is 12.0 Å². The second-order valence-electron chi connectivity index (χ2n) is 4.35. The maximum Gasteiger partial charge on any atom is 0.326 e. The number of carboxylic acid groups (broad SMARTS) is 1. The lowest BCUT2D eigenvalue weighted by molar-refractivity contribution is -0.138. The molecule has 1 N–H and O–H groups in total. The van der Waals surface area contributed by atoms with Gasteiger partial charge < -0.3 is 10.0 Å². The molecule has 4 heteroatoms. The zero-order valence-corrected chi connectivity index (χ0v) is 9.55. The highest BCUT2D eigenvalue weighted by atomic mass is 16.4. The minimum absolute atomic E-state index is 0.348. The molecule has 1 saturated carbocycles. The van der Waals surface area contributed by atoms with Crippen LogP contribution in [-0.4, -0.2) is 28.1 Å². The van der Waals surface area contributed by atoms with E-state index in [9.17, 15) is 4.79 Å². The van der Waals surface area contributed by atoms with E-state index in [1.54, 1.807) is 13.1 Å². The third kappa shape index (κ3) is 2.15. The van der Waals surface area contributed by atoms with Crippen molar-refractivity contribution in [2.24, 2.45) is 0 Å². The summed E-state index contributed by atoms with van der Waals surface area (Å²) in [7, 11) is 0. The molecular formula is C12H16N2O2. The van der Waals surface area contributed by atoms with E-state index in [4.69, 9.17) is 5.11 Å². The number of hydrogen-bond donors (Lipinski definition) is 1. The van der Waals surface area contributed by atoms with Gasteiger partial charge >= 0.3 is 5.97 Å². The van der Waals surface area contributed by atoms with Crippen LogP contribution in [-0.2, 0) is 4.79 Å². The average Bonchev–Trinajstić information content (AvgIpc) is 3.05. The van der Waals surface area contributed by atoms with Gasteiger partial charge in [0.05, 0.1) is 0 Å². The fourth-order valence-electron chi connectivity index (χ4n) is 1.79. The highest BCUT2D eigenvalue weighted by Crippen LogP contribution is 2.32. The Morgan fingerprint density at radius 1 is 1.56 bits per heavy atom. The Labute approximate surface area is 94.9 Å². The second-order valence-corrected chi connectivity index (χ2v) is 4.35. The van der Waals surface area contributed by atoms with E-state index in [2.05, 4.69) is 4.98 Å². The Kier molecular flexibility index (Phi) is 2.81. The molecule has 1 heterocycles. The van der Waals surface area contributed by atoms with Gasteiger partial charge in [0.25, 0.3) is 0 Å². The van der Waals surface area contributed by atoms with Crippen molar-refractivity contribution in [1.29, 1.82) is 0 Å². The monoisotopic (exact) mass is 220 g/mol. The smallest absolute Gasteiger partial charge is 0.326 e. The third-order valence-corrected chi connectivity index (χ3v) is 2.88. The Hall–Kier alpha value is -1.58. The first-order valence-electron chi connectivity index (χ1n) is 5.53. The molecule has 0 aliphatic heterocycles. The van der Waals surface area contributed by atoms with Gasteiger partial charge in [-0.1, -0.05) is 6.07 Å². The number of hydrogen-bond acceptors (Lipinski definition) is 3. The summed E-state index contributed by atoms with van der Waals surface area (Å²) in [6, 6.07) is 3.70. The largest absolute Gasteiger partial charge is 0.480 e. The third-order valence-electron chi connectivity index (χ3n) is 2.88. The summed E-state index contributed by atoms with van der Waals surface area (Å²) in [6.45, 7) is 3.68. The quantitative estimate of drug-likeness (QED) is 0.841. The first-order chi connectivity index (χ1) is 7.59. The fraction of sp³-hybridized carbons (Fsp3) is 0.500. The molecule has 1 unspecified atom stereocenters. The minimum Gasteiger partial charge on any atom is -0.480 e. The summed E-state index contributed by atoms with van der Waals surface area (Å²) < 4.78 is 0. The van der Waals surface area contributed by atoms with Gasteiger partial charge in [-0.25, -0.2) is 9.78 Å². The molecule has 0 spiro atoms. The molecule has 0 bridgehead atoms. The van der Waals surface area contributed by atoms with Crippen LogP contribution >= 0.6 is 0 Å². The Morgan fingerprint density at radius 3 is 2.69 bits per heavy atom. The van der Waals surface area contributed by atoms with Crippen molar-refractivity contribution in [2.75, 3.05) is 4.90 Å². The summed E-state index contributed by atoms with van der Waals surface area (Å²) in [5.74, 6) is -0.0303. The van der Waals surface area contributed by atoms with Gasteiger partial charge in [0.15, 0.2) is 0 Å². The van der Waals surface area contributed by atoms with Gasteiger partial charge in [0, 0.05) is 12.2 Å². The first-order valence-corrected chi connectivity index (χ1v) is 5.53. The molecule has 4 nitrogen and oxygen atoms in total. The van der Waals surface area contributed by atoms with Crippen LogP contribution in [0.2, 0.25) is 0 Å². The van der Waals surface area contributed by atoms with Gasteiger partial charge in [-0.2, -0.15) is 0 Å². The number of aromatic nitrogens is 1. The lowest BCUT2D eigenvalue weighted by Crippen LogP contribution is -2.41. The summed E-state index contributed by atoms with van der Waals surface area (Å²) in [5.41, 5.74) is 1.09. The summed E-state index contributed by atoms with van der Waals surface area (Å²) >= 11 is 0. The van der Waals surface area contributed by atoms with Gasteiger partial charge in [-0.3, -0.25) is 0 Å². The van der Waals surface area contributed by atoms with Gasteiger partial charge in [0.1, 0.15) is 11.9 Å². The summed E-state index contributed by atoms with van der Waals surface area (Å²) in [6.07, 6.45) is 3.90. The molecule has 2 rings (SSSR count). The molecular weight excluding hydrogens is 204 g/mol. The highest BCUT2D eigenvalue weighted by molar-refractivity contribution is 5.77. The maximum atomic E-state index is 11.0. The van der Waals surface area contributed by atoms with Crippen molar-refractivity contribution in [3.05, 3.63) is 23.9 Å². The molecule has 1 aromatic rings. The minimum atomic E-state index is -0.797. The maximum absolute atomic E-state index is 11.0. The lowest BCUT2D eigenvalue weighted by Gasteiger charge is -2.27. The van der Waals surface area contributed by atoms with Gasteiger partial charge in [-0.05, 0) is 38.3 Å². The summed E-state index contributed by atoms with van der Waals surface area (Å²) in [5, 5.41) is 9.08. The van der Waals surface area contributed by atoms with Crippen molar-refractivity contribution in [3.8, 4) is 0 Å². The predicted molar refractivity (Wildman–Crippen MR) is 61.6 cm³/mol. The van der Waals surface area contributed by atoms with Crippen LogP contribution in [0.1, 0.15) is 25.3 Å². The van der Waals surface area contributed by atoms with Gasteiger partial charge in [-0.15, -0.1) is 0 Å². The lowest BCUT2D eigenvalue weighted by atomic mass is 10.2. The second kappa shape index (κ2) is 4.12. The Bertz CT molecular complexity index is 385. The Morgan fingerprint density at radius 2 is 2.25 bits per heavy atom. The molecule has 1 fully saturated rings. The van der Waals surface area contributed by atoms with Crippen LogP contribution in [0.5, 0.6) is 0 Å². The van der Waals surface area contributed by atoms with Crippen LogP contribution < -0.4 is 4.90 Å². The van der Waals surface area contributed by atoms with Crippen LogP contribution in [0.25, 0.3) is 0 Å². The van der Waals surface area contributed by atoms with E-state index in [1.165, 1.54) is 0 Å². The molecule has 1 aliphatic rings. The van der Waals surface area contributed by atoms with Crippen LogP contribution in [0, 0.1) is 6.92 Å². The molecule has 1 aliphatic carbocycles. The van der Waals surface area contributed by atoms with Crippen LogP contribution in [0.4, 0.5) is 5.82 Å².